The van der Waals surface area contributed by atoms with Crippen molar-refractivity contribution in [1.82, 2.24) is 20.4 Å². The van der Waals surface area contributed by atoms with Gasteiger partial charge in [0.25, 0.3) is 5.91 Å². The summed E-state index contributed by atoms with van der Waals surface area (Å²) in [6.45, 7) is 1.97. The molecule has 2 aliphatic heterocycles. The average molecular weight is 377 g/mol. The minimum atomic E-state index is -0.120. The molecule has 2 atom stereocenters. The number of thioether (sulfide) groups is 1. The van der Waals surface area contributed by atoms with E-state index in [1.165, 1.54) is 4.90 Å². The molecule has 2 unspecified atom stereocenters. The molecule has 25 heavy (non-hydrogen) atoms. The van der Waals surface area contributed by atoms with E-state index in [2.05, 4.69) is 15.7 Å². The van der Waals surface area contributed by atoms with E-state index in [1.54, 1.807) is 6.07 Å². The number of hydrogen-bond acceptors (Lipinski definition) is 4. The summed E-state index contributed by atoms with van der Waals surface area (Å²) < 4.78 is 1.92. The predicted octanol–water partition coefficient (Wildman–Crippen LogP) is 3.43. The third-order valence-corrected chi connectivity index (χ3v) is 6.16. The maximum absolute atomic E-state index is 12.7. The summed E-state index contributed by atoms with van der Waals surface area (Å²) in [5.41, 5.74) is 1.58. The number of nitrogens with one attached hydrogen (secondary N) is 2. The van der Waals surface area contributed by atoms with E-state index in [-0.39, 0.29) is 11.9 Å². The molecule has 5 nitrogen and oxygen atoms in total. The van der Waals surface area contributed by atoms with Crippen LogP contribution in [0.1, 0.15) is 47.4 Å². The van der Waals surface area contributed by atoms with Gasteiger partial charge in [-0.2, -0.15) is 5.10 Å². The van der Waals surface area contributed by atoms with Crippen molar-refractivity contribution in [3.63, 3.8) is 0 Å². The summed E-state index contributed by atoms with van der Waals surface area (Å²) in [6.07, 6.45) is 5.05. The number of carbonyl (C=O) groups excluding carboxylic acids is 1. The number of aromatic nitrogens is 2. The molecule has 3 heterocycles. The summed E-state index contributed by atoms with van der Waals surface area (Å²) in [4.78, 5) is 13.9. The summed E-state index contributed by atoms with van der Waals surface area (Å²) in [7, 11) is 0. The number of nitrogens with zero attached hydrogens (tertiary/aromatic N) is 2. The van der Waals surface area contributed by atoms with Gasteiger partial charge < -0.3 is 10.6 Å². The van der Waals surface area contributed by atoms with Crippen LogP contribution in [0.3, 0.4) is 0 Å². The van der Waals surface area contributed by atoms with Gasteiger partial charge in [-0.15, -0.1) is 11.8 Å². The lowest BCUT2D eigenvalue weighted by Gasteiger charge is -2.26. The van der Waals surface area contributed by atoms with Crippen molar-refractivity contribution in [1.29, 1.82) is 0 Å². The first-order valence-electron chi connectivity index (χ1n) is 8.70. The number of piperidine rings is 1. The van der Waals surface area contributed by atoms with Gasteiger partial charge in [0.15, 0.2) is 0 Å². The fraction of sp³-hybridized carbons (Fsp3) is 0.444. The maximum Gasteiger partial charge on any atom is 0.272 e. The zero-order valence-electron chi connectivity index (χ0n) is 13.9. The van der Waals surface area contributed by atoms with Gasteiger partial charge in [0.1, 0.15) is 5.69 Å². The second kappa shape index (κ2) is 7.40. The van der Waals surface area contributed by atoms with Gasteiger partial charge in [0.05, 0.1) is 12.1 Å². The van der Waals surface area contributed by atoms with Crippen LogP contribution in [0.5, 0.6) is 0 Å². The van der Waals surface area contributed by atoms with Crippen LogP contribution in [0.2, 0.25) is 5.02 Å². The zero-order valence-corrected chi connectivity index (χ0v) is 15.4. The Bertz CT molecular complexity index is 772. The number of halogens is 1. The number of carbonyl (C=O) groups is 1. The zero-order chi connectivity index (χ0) is 17.2. The highest BCUT2D eigenvalue weighted by Crippen LogP contribution is 2.37. The highest BCUT2D eigenvalue weighted by atomic mass is 35.5. The van der Waals surface area contributed by atoms with E-state index in [1.807, 2.05) is 40.8 Å². The first-order chi connectivity index (χ1) is 12.2. The van der Waals surface area contributed by atoms with Crippen LogP contribution in [-0.4, -0.2) is 34.5 Å². The maximum atomic E-state index is 12.7. The summed E-state index contributed by atoms with van der Waals surface area (Å²) in [6, 6.07) is 8.02. The van der Waals surface area contributed by atoms with Crippen LogP contribution in [0.15, 0.2) is 35.4 Å². The molecule has 4 rings (SSSR count). The van der Waals surface area contributed by atoms with Gasteiger partial charge in [-0.25, -0.2) is 0 Å². The topological polar surface area (TPSA) is 59.0 Å². The Balaban J connectivity index is 1.48. The molecule has 1 fully saturated rings. The molecule has 7 heteroatoms. The molecule has 2 N–H and O–H groups in total. The minimum absolute atomic E-state index is 0.0102. The van der Waals surface area contributed by atoms with Crippen LogP contribution in [-0.2, 0) is 0 Å². The largest absolute Gasteiger partial charge is 0.344 e. The average Bonchev–Trinajstić information content (AvgIpc) is 3.13. The third-order valence-electron chi connectivity index (χ3n) is 4.80. The van der Waals surface area contributed by atoms with E-state index in [9.17, 15) is 4.79 Å². The lowest BCUT2D eigenvalue weighted by atomic mass is 10.0. The fourth-order valence-corrected chi connectivity index (χ4v) is 4.76. The van der Waals surface area contributed by atoms with Gasteiger partial charge in [-0.1, -0.05) is 11.6 Å². The second-order valence-electron chi connectivity index (χ2n) is 6.53. The van der Waals surface area contributed by atoms with Crippen molar-refractivity contribution >= 4 is 29.3 Å². The number of rotatable bonds is 3. The highest BCUT2D eigenvalue weighted by molar-refractivity contribution is 7.99. The number of hydrogen-bond donors (Lipinski definition) is 2. The first kappa shape index (κ1) is 16.9. The Kier molecular flexibility index (Phi) is 5.01. The Morgan fingerprint density at radius 3 is 3.12 bits per heavy atom. The van der Waals surface area contributed by atoms with Gasteiger partial charge in [-0.05, 0) is 55.6 Å². The van der Waals surface area contributed by atoms with Crippen LogP contribution >= 0.6 is 23.4 Å². The molecule has 2 aromatic rings. The van der Waals surface area contributed by atoms with Crippen molar-refractivity contribution in [2.24, 2.45) is 0 Å². The quantitative estimate of drug-likeness (QED) is 0.861. The molecular weight excluding hydrogens is 356 g/mol. The predicted molar refractivity (Wildman–Crippen MR) is 100 cm³/mol. The second-order valence-corrected chi connectivity index (χ2v) is 8.10. The fourth-order valence-electron chi connectivity index (χ4n) is 3.47. The lowest BCUT2D eigenvalue weighted by Crippen LogP contribution is -2.33. The summed E-state index contributed by atoms with van der Waals surface area (Å²) in [5, 5.41) is 11.7. The smallest absolute Gasteiger partial charge is 0.272 e. The van der Waals surface area contributed by atoms with Crippen molar-refractivity contribution in [3.8, 4) is 0 Å². The normalized spacial score (nSPS) is 23.1. The van der Waals surface area contributed by atoms with Crippen LogP contribution in [0.4, 0.5) is 0 Å². The highest BCUT2D eigenvalue weighted by Gasteiger charge is 2.24. The number of benzene rings is 1. The molecular formula is C18H21ClN4OS. The SMILES string of the molecule is O=C(NC1CCSc2ccc(Cl)cc21)c1ccn(C2CCCNC2)n1. The third kappa shape index (κ3) is 3.71. The Labute approximate surface area is 156 Å². The van der Waals surface area contributed by atoms with Crippen LogP contribution in [0.25, 0.3) is 0 Å². The first-order valence-corrected chi connectivity index (χ1v) is 10.1. The van der Waals surface area contributed by atoms with Crippen molar-refractivity contribution < 1.29 is 4.79 Å². The molecule has 2 aliphatic rings. The van der Waals surface area contributed by atoms with E-state index in [4.69, 9.17) is 11.6 Å². The van der Waals surface area contributed by atoms with E-state index in [0.717, 1.165) is 43.7 Å². The van der Waals surface area contributed by atoms with E-state index >= 15 is 0 Å². The monoisotopic (exact) mass is 376 g/mol. The Morgan fingerprint density at radius 1 is 1.36 bits per heavy atom. The minimum Gasteiger partial charge on any atom is -0.344 e. The Hall–Kier alpha value is -1.50. The molecule has 1 aromatic carbocycles. The van der Waals surface area contributed by atoms with Gasteiger partial charge in [-0.3, -0.25) is 9.48 Å². The molecule has 0 bridgehead atoms. The molecule has 1 saturated heterocycles. The standard InChI is InChI=1S/C18H21ClN4OS/c19-12-3-4-17-14(10-12)15(6-9-25-17)21-18(24)16-5-8-23(22-16)13-2-1-7-20-11-13/h3-5,8,10,13,15,20H,1-2,6-7,9,11H2,(H,21,24). The van der Waals surface area contributed by atoms with E-state index in [0.29, 0.717) is 16.8 Å². The number of fused-ring (bicyclic) bond motifs is 1. The van der Waals surface area contributed by atoms with E-state index < -0.39 is 0 Å². The van der Waals surface area contributed by atoms with Gasteiger partial charge in [0, 0.05) is 28.4 Å². The molecule has 0 radical (unpaired) electrons. The van der Waals surface area contributed by atoms with Crippen LogP contribution < -0.4 is 10.6 Å². The van der Waals surface area contributed by atoms with Gasteiger partial charge >= 0.3 is 0 Å². The van der Waals surface area contributed by atoms with Crippen LogP contribution in [0, 0.1) is 0 Å². The lowest BCUT2D eigenvalue weighted by molar-refractivity contribution is 0.0928. The molecule has 0 saturated carbocycles. The van der Waals surface area contributed by atoms with Crippen molar-refractivity contribution in [3.05, 3.63) is 46.7 Å². The molecule has 1 amide bonds. The number of amides is 1. The van der Waals surface area contributed by atoms with Crippen molar-refractivity contribution in [2.75, 3.05) is 18.8 Å². The van der Waals surface area contributed by atoms with Gasteiger partial charge in [0.2, 0.25) is 0 Å². The molecule has 0 spiro atoms. The molecule has 0 aliphatic carbocycles. The molecule has 132 valence electrons. The van der Waals surface area contributed by atoms with Crippen molar-refractivity contribution in [2.45, 2.75) is 36.2 Å². The Morgan fingerprint density at radius 2 is 2.28 bits per heavy atom. The summed E-state index contributed by atoms with van der Waals surface area (Å²) in [5.74, 6) is 0.868. The summed E-state index contributed by atoms with van der Waals surface area (Å²) >= 11 is 7.95. The molecule has 1 aromatic heterocycles.